The van der Waals surface area contributed by atoms with Crippen LogP contribution in [0.15, 0.2) is 77.9 Å². The molecule has 0 aliphatic carbocycles. The molecule has 0 aliphatic heterocycles. The fraction of sp³-hybridized carbons (Fsp3) is 0.172. The molecule has 0 bridgehead atoms. The van der Waals surface area contributed by atoms with Crippen LogP contribution < -0.4 is 25.0 Å². The summed E-state index contributed by atoms with van der Waals surface area (Å²) in [4.78, 5) is 37.0. The van der Waals surface area contributed by atoms with Gasteiger partial charge in [-0.15, -0.1) is 10.2 Å². The summed E-state index contributed by atoms with van der Waals surface area (Å²) in [6.45, 7) is 2.70. The van der Waals surface area contributed by atoms with Gasteiger partial charge in [0.15, 0.2) is 11.5 Å². The topological polar surface area (TPSA) is 141 Å². The van der Waals surface area contributed by atoms with E-state index in [-0.39, 0.29) is 16.6 Å². The minimum Gasteiger partial charge on any atom is -0.494 e. The van der Waals surface area contributed by atoms with E-state index in [1.54, 1.807) is 36.4 Å². The highest BCUT2D eigenvalue weighted by atomic mass is 32.1. The molecule has 2 N–H and O–H groups in total. The number of ether oxygens (including phenoxy) is 3. The number of carbonyl (C=O) groups is 3. The molecular weight excluding hydrogens is 546 g/mol. The van der Waals surface area contributed by atoms with Gasteiger partial charge in [-0.3, -0.25) is 14.9 Å². The second kappa shape index (κ2) is 14.3. The lowest BCUT2D eigenvalue weighted by Gasteiger charge is -2.10. The number of anilines is 1. The third-order valence-corrected chi connectivity index (χ3v) is 6.39. The van der Waals surface area contributed by atoms with E-state index in [2.05, 4.69) is 33.0 Å². The van der Waals surface area contributed by atoms with Crippen LogP contribution in [0.5, 0.6) is 17.2 Å². The predicted octanol–water partition coefficient (Wildman–Crippen LogP) is 4.70. The first kappa shape index (κ1) is 28.9. The van der Waals surface area contributed by atoms with Gasteiger partial charge in [-0.2, -0.15) is 5.10 Å². The van der Waals surface area contributed by atoms with E-state index in [9.17, 15) is 14.4 Å². The summed E-state index contributed by atoms with van der Waals surface area (Å²) in [6, 6.07) is 20.7. The first-order valence-electron chi connectivity index (χ1n) is 12.6. The molecule has 1 heterocycles. The van der Waals surface area contributed by atoms with Crippen molar-refractivity contribution in [2.75, 3.05) is 19.0 Å². The largest absolute Gasteiger partial charge is 0.494 e. The number of aromatic nitrogens is 2. The van der Waals surface area contributed by atoms with Crippen LogP contribution in [0.1, 0.15) is 35.7 Å². The van der Waals surface area contributed by atoms with Gasteiger partial charge in [-0.25, -0.2) is 10.2 Å². The van der Waals surface area contributed by atoms with Crippen LogP contribution in [0.2, 0.25) is 0 Å². The predicted molar refractivity (Wildman–Crippen MR) is 155 cm³/mol. The third-order valence-electron chi connectivity index (χ3n) is 5.50. The van der Waals surface area contributed by atoms with Crippen molar-refractivity contribution in [1.29, 1.82) is 0 Å². The second-order valence-corrected chi connectivity index (χ2v) is 9.44. The van der Waals surface area contributed by atoms with Crippen molar-refractivity contribution in [3.05, 3.63) is 83.9 Å². The van der Waals surface area contributed by atoms with Gasteiger partial charge in [-0.05, 0) is 54.4 Å². The van der Waals surface area contributed by atoms with Crippen LogP contribution in [-0.2, 0) is 9.59 Å². The normalized spacial score (nSPS) is 10.7. The number of nitrogens with zero attached hydrogens (tertiary/aromatic N) is 3. The molecule has 11 nitrogen and oxygen atoms in total. The molecule has 0 radical (unpaired) electrons. The molecule has 0 atom stereocenters. The molecule has 0 spiro atoms. The SMILES string of the molecule is CCCCOc1ccc(C(=O)Oc2ccc(C=NNC(=O)C(=O)Nc3nnc(-c4ccccc4)s3)cc2OC)cc1. The zero-order valence-corrected chi connectivity index (χ0v) is 23.1. The number of rotatable bonds is 11. The van der Waals surface area contributed by atoms with Gasteiger partial charge in [0.2, 0.25) is 5.13 Å². The van der Waals surface area contributed by atoms with Crippen LogP contribution in [-0.4, -0.2) is 47.9 Å². The highest BCUT2D eigenvalue weighted by Crippen LogP contribution is 2.29. The van der Waals surface area contributed by atoms with Crippen LogP contribution in [0, 0.1) is 0 Å². The molecule has 3 aromatic carbocycles. The summed E-state index contributed by atoms with van der Waals surface area (Å²) < 4.78 is 16.4. The Morgan fingerprint density at radius 1 is 0.951 bits per heavy atom. The Hall–Kier alpha value is -5.10. The molecule has 1 aromatic heterocycles. The van der Waals surface area contributed by atoms with E-state index in [0.29, 0.717) is 28.5 Å². The van der Waals surface area contributed by atoms with E-state index in [4.69, 9.17) is 14.2 Å². The number of unbranched alkanes of at least 4 members (excludes halogenated alkanes) is 1. The smallest absolute Gasteiger partial charge is 0.343 e. The minimum atomic E-state index is -0.989. The molecule has 0 unspecified atom stereocenters. The van der Waals surface area contributed by atoms with Crippen molar-refractivity contribution in [1.82, 2.24) is 15.6 Å². The average molecular weight is 574 g/mol. The molecule has 0 saturated heterocycles. The van der Waals surface area contributed by atoms with Crippen molar-refractivity contribution >= 4 is 40.5 Å². The summed E-state index contributed by atoms with van der Waals surface area (Å²) >= 11 is 1.14. The summed E-state index contributed by atoms with van der Waals surface area (Å²) in [5, 5.41) is 14.9. The van der Waals surface area contributed by atoms with E-state index in [1.807, 2.05) is 30.3 Å². The summed E-state index contributed by atoms with van der Waals surface area (Å²) in [6.07, 6.45) is 3.30. The summed E-state index contributed by atoms with van der Waals surface area (Å²) in [5.41, 5.74) is 3.87. The monoisotopic (exact) mass is 573 g/mol. The number of amides is 2. The fourth-order valence-electron chi connectivity index (χ4n) is 3.37. The number of nitrogens with one attached hydrogen (secondary N) is 2. The zero-order valence-electron chi connectivity index (χ0n) is 22.3. The maximum atomic E-state index is 12.6. The van der Waals surface area contributed by atoms with Crippen molar-refractivity contribution in [2.24, 2.45) is 5.10 Å². The highest BCUT2D eigenvalue weighted by Gasteiger charge is 2.17. The molecule has 0 fully saturated rings. The molecule has 41 heavy (non-hydrogen) atoms. The van der Waals surface area contributed by atoms with Crippen molar-refractivity contribution in [3.8, 4) is 27.8 Å². The molecular formula is C29H27N5O6S. The average Bonchev–Trinajstić information content (AvgIpc) is 3.47. The Balaban J connectivity index is 1.30. The third kappa shape index (κ3) is 8.19. The number of esters is 1. The summed E-state index contributed by atoms with van der Waals surface area (Å²) in [7, 11) is 1.43. The standard InChI is InChI=1S/C29H27N5O6S/c1-3-4-16-39-22-13-11-21(12-14-22)28(37)40-23-15-10-19(17-24(23)38-2)18-30-32-26(36)25(35)31-29-34-33-27(41-29)20-8-6-5-7-9-20/h5-15,17-18H,3-4,16H2,1-2H3,(H,32,36)(H,31,34,35). The fourth-order valence-corrected chi connectivity index (χ4v) is 4.11. The maximum Gasteiger partial charge on any atom is 0.343 e. The number of hydrogen-bond acceptors (Lipinski definition) is 10. The molecule has 210 valence electrons. The molecule has 2 amide bonds. The number of benzene rings is 3. The zero-order chi connectivity index (χ0) is 29.0. The van der Waals surface area contributed by atoms with Crippen molar-refractivity contribution in [2.45, 2.75) is 19.8 Å². The van der Waals surface area contributed by atoms with E-state index in [1.165, 1.54) is 19.4 Å². The first-order valence-corrected chi connectivity index (χ1v) is 13.4. The van der Waals surface area contributed by atoms with Gasteiger partial charge in [-0.1, -0.05) is 55.0 Å². The minimum absolute atomic E-state index is 0.180. The Morgan fingerprint density at radius 3 is 2.46 bits per heavy atom. The quantitative estimate of drug-likeness (QED) is 0.0657. The van der Waals surface area contributed by atoms with E-state index in [0.717, 1.165) is 29.7 Å². The lowest BCUT2D eigenvalue weighted by Crippen LogP contribution is -2.32. The lowest BCUT2D eigenvalue weighted by molar-refractivity contribution is -0.136. The molecule has 0 saturated carbocycles. The molecule has 12 heteroatoms. The Bertz CT molecular complexity index is 1520. The Labute approximate surface area is 240 Å². The van der Waals surface area contributed by atoms with Crippen molar-refractivity contribution < 1.29 is 28.6 Å². The van der Waals surface area contributed by atoms with E-state index < -0.39 is 17.8 Å². The molecule has 4 aromatic rings. The number of carbonyl (C=O) groups excluding carboxylic acids is 3. The van der Waals surface area contributed by atoms with Crippen LogP contribution in [0.25, 0.3) is 10.6 Å². The lowest BCUT2D eigenvalue weighted by atomic mass is 10.2. The van der Waals surface area contributed by atoms with Gasteiger partial charge in [0.05, 0.1) is 25.5 Å². The molecule has 4 rings (SSSR count). The first-order chi connectivity index (χ1) is 20.0. The van der Waals surface area contributed by atoms with E-state index >= 15 is 0 Å². The second-order valence-electron chi connectivity index (χ2n) is 8.46. The number of hydrogen-bond donors (Lipinski definition) is 2. The van der Waals surface area contributed by atoms with Gasteiger partial charge >= 0.3 is 17.8 Å². The maximum absolute atomic E-state index is 12.6. The summed E-state index contributed by atoms with van der Waals surface area (Å²) in [5.74, 6) is -1.34. The van der Waals surface area contributed by atoms with Gasteiger partial charge in [0, 0.05) is 5.56 Å². The number of hydrazone groups is 1. The highest BCUT2D eigenvalue weighted by molar-refractivity contribution is 7.18. The number of methoxy groups -OCH3 is 1. The van der Waals surface area contributed by atoms with Crippen LogP contribution in [0.4, 0.5) is 5.13 Å². The van der Waals surface area contributed by atoms with Crippen molar-refractivity contribution in [3.63, 3.8) is 0 Å². The van der Waals surface area contributed by atoms with Gasteiger partial charge in [0.1, 0.15) is 10.8 Å². The van der Waals surface area contributed by atoms with Crippen LogP contribution in [0.3, 0.4) is 0 Å². The van der Waals surface area contributed by atoms with Crippen LogP contribution >= 0.6 is 11.3 Å². The Kier molecular flexibility index (Phi) is 10.1. The van der Waals surface area contributed by atoms with Gasteiger partial charge < -0.3 is 14.2 Å². The Morgan fingerprint density at radius 2 is 1.73 bits per heavy atom. The van der Waals surface area contributed by atoms with Gasteiger partial charge in [0.25, 0.3) is 0 Å². The molecule has 0 aliphatic rings.